The predicted molar refractivity (Wildman–Crippen MR) is 80.8 cm³/mol. The molecular formula is C14H20N4O4. The topological polar surface area (TPSA) is 133 Å². The summed E-state index contributed by atoms with van der Waals surface area (Å²) in [6, 6.07) is 5.63. The molecule has 4 N–H and O–H groups in total. The van der Waals surface area contributed by atoms with E-state index >= 15 is 0 Å². The number of likely N-dealkylation sites (N-methyl/N-ethyl adjacent to an activating group) is 1. The van der Waals surface area contributed by atoms with Crippen LogP contribution in [-0.4, -0.2) is 40.3 Å². The average Bonchev–Trinajstić information content (AvgIpc) is 2.48. The number of nitrogens with zero attached hydrogens (tertiary/aromatic N) is 2. The zero-order valence-corrected chi connectivity index (χ0v) is 12.6. The van der Waals surface area contributed by atoms with E-state index in [2.05, 4.69) is 0 Å². The summed E-state index contributed by atoms with van der Waals surface area (Å²) in [5, 5.41) is 10.8. The van der Waals surface area contributed by atoms with Crippen LogP contribution in [0.5, 0.6) is 0 Å². The molecular weight excluding hydrogens is 288 g/mol. The molecule has 1 atom stereocenters. The number of nitrogens with two attached hydrogens (primary N) is 2. The van der Waals surface area contributed by atoms with Crippen LogP contribution in [0.1, 0.15) is 19.4 Å². The van der Waals surface area contributed by atoms with Crippen LogP contribution in [0, 0.1) is 10.1 Å². The Morgan fingerprint density at radius 3 is 2.36 bits per heavy atom. The van der Waals surface area contributed by atoms with Gasteiger partial charge in [-0.1, -0.05) is 12.1 Å². The molecule has 0 saturated carbocycles. The quantitative estimate of drug-likeness (QED) is 0.421. The first-order chi connectivity index (χ1) is 10.3. The van der Waals surface area contributed by atoms with Gasteiger partial charge in [-0.3, -0.25) is 19.7 Å². The van der Waals surface area contributed by atoms with E-state index in [0.29, 0.717) is 18.7 Å². The summed E-state index contributed by atoms with van der Waals surface area (Å²) in [5.74, 6) is -1.55. The minimum absolute atomic E-state index is 0.139. The summed E-state index contributed by atoms with van der Waals surface area (Å²) in [4.78, 5) is 35.8. The molecule has 0 bridgehead atoms. The van der Waals surface area contributed by atoms with E-state index < -0.39 is 22.3 Å². The van der Waals surface area contributed by atoms with Gasteiger partial charge in [0, 0.05) is 31.6 Å². The number of amides is 2. The number of benzene rings is 1. The van der Waals surface area contributed by atoms with Gasteiger partial charge in [-0.15, -0.1) is 0 Å². The molecule has 8 nitrogen and oxygen atoms in total. The molecule has 0 aliphatic carbocycles. The number of rotatable bonds is 7. The zero-order valence-electron chi connectivity index (χ0n) is 12.6. The van der Waals surface area contributed by atoms with Gasteiger partial charge in [-0.05, 0) is 19.4 Å². The highest BCUT2D eigenvalue weighted by Crippen LogP contribution is 2.19. The van der Waals surface area contributed by atoms with Gasteiger partial charge in [0.15, 0.2) is 5.54 Å². The number of hydrogen-bond acceptors (Lipinski definition) is 5. The highest BCUT2D eigenvalue weighted by atomic mass is 16.6. The molecule has 1 aromatic rings. The Balaban J connectivity index is 3.16. The van der Waals surface area contributed by atoms with Gasteiger partial charge in [0.1, 0.15) is 0 Å². The summed E-state index contributed by atoms with van der Waals surface area (Å²) < 4.78 is 0. The van der Waals surface area contributed by atoms with Crippen molar-refractivity contribution in [1.82, 2.24) is 4.90 Å². The smallest absolute Gasteiger partial charge is 0.269 e. The fraction of sp³-hybridized carbons (Fsp3) is 0.429. The number of carbonyl (C=O) groups excluding carboxylic acids is 2. The van der Waals surface area contributed by atoms with Crippen molar-refractivity contribution in [1.29, 1.82) is 0 Å². The molecule has 2 amide bonds. The van der Waals surface area contributed by atoms with Gasteiger partial charge >= 0.3 is 0 Å². The minimum Gasteiger partial charge on any atom is -0.368 e. The highest BCUT2D eigenvalue weighted by Gasteiger charge is 2.42. The second kappa shape index (κ2) is 6.99. The number of hydrogen-bond donors (Lipinski definition) is 2. The summed E-state index contributed by atoms with van der Waals surface area (Å²) in [6.45, 7) is 4.29. The third-order valence-electron chi connectivity index (χ3n) is 3.48. The van der Waals surface area contributed by atoms with Gasteiger partial charge < -0.3 is 16.4 Å². The number of nitro benzene ring substituents is 1. The van der Waals surface area contributed by atoms with E-state index in [-0.39, 0.29) is 12.1 Å². The fourth-order valence-electron chi connectivity index (χ4n) is 2.16. The maximum Gasteiger partial charge on any atom is 0.269 e. The van der Waals surface area contributed by atoms with E-state index in [1.165, 1.54) is 23.1 Å². The molecule has 1 rings (SSSR count). The molecule has 0 fully saturated rings. The molecule has 0 radical (unpaired) electrons. The van der Waals surface area contributed by atoms with Crippen molar-refractivity contribution in [2.24, 2.45) is 11.5 Å². The normalized spacial score (nSPS) is 13.2. The SMILES string of the molecule is CCN(CC)C(=O)C(N)(Cc1cccc([N+](=O)[O-])c1)C(N)=O. The zero-order chi connectivity index (χ0) is 16.9. The minimum atomic E-state index is -1.93. The maximum atomic E-state index is 12.5. The van der Waals surface area contributed by atoms with Crippen molar-refractivity contribution in [2.45, 2.75) is 25.8 Å². The molecule has 0 saturated heterocycles. The van der Waals surface area contributed by atoms with Crippen molar-refractivity contribution in [3.8, 4) is 0 Å². The van der Waals surface area contributed by atoms with Crippen molar-refractivity contribution >= 4 is 17.5 Å². The van der Waals surface area contributed by atoms with Crippen LogP contribution < -0.4 is 11.5 Å². The van der Waals surface area contributed by atoms with E-state index in [1.807, 2.05) is 0 Å². The van der Waals surface area contributed by atoms with Crippen LogP contribution in [0.3, 0.4) is 0 Å². The van der Waals surface area contributed by atoms with Crippen LogP contribution in [-0.2, 0) is 16.0 Å². The van der Waals surface area contributed by atoms with Crippen molar-refractivity contribution in [3.05, 3.63) is 39.9 Å². The van der Waals surface area contributed by atoms with Gasteiger partial charge in [0.2, 0.25) is 5.91 Å². The van der Waals surface area contributed by atoms with Crippen LogP contribution in [0.2, 0.25) is 0 Å². The number of nitro groups is 1. The predicted octanol–water partition coefficient (Wildman–Crippen LogP) is 0.188. The van der Waals surface area contributed by atoms with Crippen LogP contribution >= 0.6 is 0 Å². The lowest BCUT2D eigenvalue weighted by Crippen LogP contribution is -2.64. The van der Waals surface area contributed by atoms with Gasteiger partial charge in [0.25, 0.3) is 11.6 Å². The third kappa shape index (κ3) is 3.59. The lowest BCUT2D eigenvalue weighted by Gasteiger charge is -2.31. The molecule has 0 aliphatic rings. The van der Waals surface area contributed by atoms with E-state index in [0.717, 1.165) is 0 Å². The van der Waals surface area contributed by atoms with E-state index in [9.17, 15) is 19.7 Å². The maximum absolute atomic E-state index is 12.5. The van der Waals surface area contributed by atoms with Gasteiger partial charge in [-0.2, -0.15) is 0 Å². The number of primary amides is 1. The Kier molecular flexibility index (Phi) is 5.58. The fourth-order valence-corrected chi connectivity index (χ4v) is 2.16. The largest absolute Gasteiger partial charge is 0.368 e. The lowest BCUT2D eigenvalue weighted by atomic mass is 9.89. The Labute approximate surface area is 128 Å². The Morgan fingerprint density at radius 1 is 1.32 bits per heavy atom. The lowest BCUT2D eigenvalue weighted by molar-refractivity contribution is -0.384. The van der Waals surface area contributed by atoms with Gasteiger partial charge in [0.05, 0.1) is 4.92 Å². The summed E-state index contributed by atoms with van der Waals surface area (Å²) in [5.41, 5.74) is 9.61. The summed E-state index contributed by atoms with van der Waals surface area (Å²) in [7, 11) is 0. The number of non-ortho nitro benzene ring substituents is 1. The molecule has 120 valence electrons. The Hall–Kier alpha value is -2.48. The van der Waals surface area contributed by atoms with E-state index in [4.69, 9.17) is 11.5 Å². The second-order valence-electron chi connectivity index (χ2n) is 4.92. The number of carbonyl (C=O) groups is 2. The standard InChI is InChI=1S/C14H20N4O4/c1-3-17(4-2)13(20)14(16,12(15)19)9-10-6-5-7-11(8-10)18(21)22/h5-8H,3-4,9,16H2,1-2H3,(H2,15,19). The molecule has 0 heterocycles. The second-order valence-corrected chi connectivity index (χ2v) is 4.92. The monoisotopic (exact) mass is 308 g/mol. The third-order valence-corrected chi connectivity index (χ3v) is 3.48. The van der Waals surface area contributed by atoms with Crippen molar-refractivity contribution in [2.75, 3.05) is 13.1 Å². The van der Waals surface area contributed by atoms with Crippen molar-refractivity contribution < 1.29 is 14.5 Å². The average molecular weight is 308 g/mol. The van der Waals surface area contributed by atoms with Gasteiger partial charge in [-0.25, -0.2) is 0 Å². The Bertz CT molecular complexity index is 586. The molecule has 8 heteroatoms. The molecule has 0 aromatic heterocycles. The summed E-state index contributed by atoms with van der Waals surface area (Å²) in [6.07, 6.45) is -0.195. The molecule has 0 aliphatic heterocycles. The van der Waals surface area contributed by atoms with Crippen LogP contribution in [0.15, 0.2) is 24.3 Å². The molecule has 22 heavy (non-hydrogen) atoms. The highest BCUT2D eigenvalue weighted by molar-refractivity contribution is 6.09. The van der Waals surface area contributed by atoms with Crippen LogP contribution in [0.25, 0.3) is 0 Å². The van der Waals surface area contributed by atoms with Crippen molar-refractivity contribution in [3.63, 3.8) is 0 Å². The first-order valence-electron chi connectivity index (χ1n) is 6.87. The summed E-state index contributed by atoms with van der Waals surface area (Å²) >= 11 is 0. The molecule has 1 aromatic carbocycles. The van der Waals surface area contributed by atoms with E-state index in [1.54, 1.807) is 19.9 Å². The van der Waals surface area contributed by atoms with Crippen LogP contribution in [0.4, 0.5) is 5.69 Å². The molecule has 1 unspecified atom stereocenters. The first-order valence-corrected chi connectivity index (χ1v) is 6.87. The molecule has 0 spiro atoms. The first kappa shape index (κ1) is 17.6. The Morgan fingerprint density at radius 2 is 1.91 bits per heavy atom.